The van der Waals surface area contributed by atoms with Crippen LogP contribution in [-0.2, 0) is 9.53 Å². The van der Waals surface area contributed by atoms with Crippen molar-refractivity contribution >= 4 is 17.7 Å². The number of carbonyl (C=O) groups excluding carboxylic acids is 3. The van der Waals surface area contributed by atoms with E-state index in [-0.39, 0.29) is 23.5 Å². The topological polar surface area (TPSA) is 72.5 Å². The molecule has 0 saturated carbocycles. The summed E-state index contributed by atoms with van der Waals surface area (Å²) >= 11 is 0. The van der Waals surface area contributed by atoms with Gasteiger partial charge in [0.15, 0.2) is 12.4 Å². The Labute approximate surface area is 152 Å². The molecule has 5 heteroatoms. The number of aryl methyl sites for hydroxylation is 2. The molecule has 2 aromatic rings. The molecule has 1 amide bonds. The number of carbonyl (C=O) groups is 3. The Hall–Kier alpha value is -3.39. The Morgan fingerprint density at radius 3 is 2.42 bits per heavy atom. The van der Waals surface area contributed by atoms with Crippen LogP contribution in [0, 0.1) is 26.2 Å². The lowest BCUT2D eigenvalue weighted by atomic mass is 9.94. The van der Waals surface area contributed by atoms with Crippen LogP contribution in [0.25, 0.3) is 0 Å². The van der Waals surface area contributed by atoms with E-state index in [1.165, 1.54) is 6.07 Å². The smallest absolute Gasteiger partial charge is 0.339 e. The summed E-state index contributed by atoms with van der Waals surface area (Å²) in [6.45, 7) is 3.32. The molecule has 0 bridgehead atoms. The van der Waals surface area contributed by atoms with Crippen LogP contribution in [-0.4, -0.2) is 30.8 Å². The number of esters is 1. The van der Waals surface area contributed by atoms with Crippen LogP contribution in [0.4, 0.5) is 0 Å². The number of benzene rings is 2. The molecule has 0 aliphatic heterocycles. The summed E-state index contributed by atoms with van der Waals surface area (Å²) in [6.07, 6.45) is 5.05. The van der Waals surface area contributed by atoms with Gasteiger partial charge in [0.25, 0.3) is 5.91 Å². The summed E-state index contributed by atoms with van der Waals surface area (Å²) < 4.78 is 5.00. The van der Waals surface area contributed by atoms with Gasteiger partial charge in [0.05, 0.1) is 12.1 Å². The minimum atomic E-state index is -0.741. The van der Waals surface area contributed by atoms with Crippen LogP contribution in [0.2, 0.25) is 0 Å². The molecule has 26 heavy (non-hydrogen) atoms. The largest absolute Gasteiger partial charge is 0.452 e. The summed E-state index contributed by atoms with van der Waals surface area (Å²) in [7, 11) is 0. The van der Waals surface area contributed by atoms with Crippen molar-refractivity contribution in [2.24, 2.45) is 0 Å². The van der Waals surface area contributed by atoms with Gasteiger partial charge in [-0.2, -0.15) is 0 Å². The average Bonchev–Trinajstić information content (AvgIpc) is 2.65. The van der Waals surface area contributed by atoms with Crippen molar-refractivity contribution < 1.29 is 19.1 Å². The Kier molecular flexibility index (Phi) is 6.29. The predicted molar refractivity (Wildman–Crippen MR) is 97.9 cm³/mol. The van der Waals surface area contributed by atoms with Gasteiger partial charge < -0.3 is 10.1 Å². The molecule has 0 saturated heterocycles. The SMILES string of the molecule is C#CCNC(=O)COC(=O)c1ccccc1C(=O)c1cc(C)ccc1C. The van der Waals surface area contributed by atoms with Gasteiger partial charge in [-0.25, -0.2) is 4.79 Å². The van der Waals surface area contributed by atoms with Crippen molar-refractivity contribution in [3.05, 3.63) is 70.3 Å². The molecule has 0 atom stereocenters. The van der Waals surface area contributed by atoms with Crippen LogP contribution >= 0.6 is 0 Å². The van der Waals surface area contributed by atoms with E-state index >= 15 is 0 Å². The second-order valence-corrected chi connectivity index (χ2v) is 5.75. The number of rotatable bonds is 6. The van der Waals surface area contributed by atoms with Crippen molar-refractivity contribution in [3.8, 4) is 12.3 Å². The summed E-state index contributed by atoms with van der Waals surface area (Å²) in [5.74, 6) is 0.739. The average molecular weight is 349 g/mol. The number of hydrogen-bond donors (Lipinski definition) is 1. The van der Waals surface area contributed by atoms with Gasteiger partial charge in [-0.3, -0.25) is 9.59 Å². The molecule has 1 N–H and O–H groups in total. The number of terminal acetylenes is 1. The highest BCUT2D eigenvalue weighted by Crippen LogP contribution is 2.19. The molecule has 0 fully saturated rings. The zero-order valence-electron chi connectivity index (χ0n) is 14.7. The first kappa shape index (κ1) is 18.9. The third-order valence-corrected chi connectivity index (χ3v) is 3.75. The molecule has 5 nitrogen and oxygen atoms in total. The fraction of sp³-hybridized carbons (Fsp3) is 0.190. The van der Waals surface area contributed by atoms with Crippen molar-refractivity contribution in [1.82, 2.24) is 5.32 Å². The van der Waals surface area contributed by atoms with Gasteiger partial charge in [-0.15, -0.1) is 6.42 Å². The minimum absolute atomic E-state index is 0.0537. The first-order valence-electron chi connectivity index (χ1n) is 8.02. The lowest BCUT2D eigenvalue weighted by molar-refractivity contribution is -0.123. The van der Waals surface area contributed by atoms with E-state index in [0.29, 0.717) is 5.56 Å². The van der Waals surface area contributed by atoms with E-state index in [2.05, 4.69) is 11.2 Å². The molecule has 0 spiro atoms. The molecule has 0 radical (unpaired) electrons. The van der Waals surface area contributed by atoms with E-state index < -0.39 is 18.5 Å². The third kappa shape index (κ3) is 4.58. The quantitative estimate of drug-likeness (QED) is 0.494. The lowest BCUT2D eigenvalue weighted by Crippen LogP contribution is -2.29. The van der Waals surface area contributed by atoms with Gasteiger partial charge in [0.1, 0.15) is 0 Å². The van der Waals surface area contributed by atoms with Gasteiger partial charge in [0, 0.05) is 11.1 Å². The van der Waals surface area contributed by atoms with Crippen molar-refractivity contribution in [3.63, 3.8) is 0 Å². The number of amides is 1. The van der Waals surface area contributed by atoms with Crippen LogP contribution < -0.4 is 5.32 Å². The Bertz CT molecular complexity index is 893. The molecule has 132 valence electrons. The van der Waals surface area contributed by atoms with E-state index in [0.717, 1.165) is 11.1 Å². The minimum Gasteiger partial charge on any atom is -0.452 e. The molecule has 0 heterocycles. The number of ether oxygens (including phenoxy) is 1. The molecule has 2 aromatic carbocycles. The highest BCUT2D eigenvalue weighted by Gasteiger charge is 2.21. The number of hydrogen-bond acceptors (Lipinski definition) is 4. The molecule has 0 aromatic heterocycles. The zero-order chi connectivity index (χ0) is 19.1. The Balaban J connectivity index is 2.23. The van der Waals surface area contributed by atoms with Gasteiger partial charge in [-0.05, 0) is 31.5 Å². The number of ketones is 1. The maximum absolute atomic E-state index is 12.9. The summed E-state index contributed by atoms with van der Waals surface area (Å²) in [5.41, 5.74) is 2.64. The van der Waals surface area contributed by atoms with Gasteiger partial charge in [0.2, 0.25) is 0 Å². The van der Waals surface area contributed by atoms with Gasteiger partial charge >= 0.3 is 5.97 Å². The third-order valence-electron chi connectivity index (χ3n) is 3.75. The summed E-state index contributed by atoms with van der Waals surface area (Å²) in [5, 5.41) is 2.40. The van der Waals surface area contributed by atoms with E-state index in [1.807, 2.05) is 26.0 Å². The van der Waals surface area contributed by atoms with E-state index in [4.69, 9.17) is 11.2 Å². The zero-order valence-corrected chi connectivity index (χ0v) is 14.7. The first-order chi connectivity index (χ1) is 12.4. The van der Waals surface area contributed by atoms with Crippen LogP contribution in [0.1, 0.15) is 37.4 Å². The lowest BCUT2D eigenvalue weighted by Gasteiger charge is -2.11. The van der Waals surface area contributed by atoms with Crippen LogP contribution in [0.15, 0.2) is 42.5 Å². The second kappa shape index (κ2) is 8.63. The van der Waals surface area contributed by atoms with Crippen molar-refractivity contribution in [1.29, 1.82) is 0 Å². The fourth-order valence-corrected chi connectivity index (χ4v) is 2.39. The Morgan fingerprint density at radius 2 is 1.73 bits per heavy atom. The van der Waals surface area contributed by atoms with E-state index in [1.54, 1.807) is 24.3 Å². The molecule has 0 aliphatic rings. The molecular weight excluding hydrogens is 330 g/mol. The first-order valence-corrected chi connectivity index (χ1v) is 8.02. The Morgan fingerprint density at radius 1 is 1.04 bits per heavy atom. The second-order valence-electron chi connectivity index (χ2n) is 5.75. The summed E-state index contributed by atoms with van der Waals surface area (Å²) in [6, 6.07) is 11.9. The summed E-state index contributed by atoms with van der Waals surface area (Å²) in [4.78, 5) is 36.8. The molecule has 0 unspecified atom stereocenters. The van der Waals surface area contributed by atoms with Crippen molar-refractivity contribution in [2.75, 3.05) is 13.2 Å². The predicted octanol–water partition coefficient (Wildman–Crippen LogP) is 2.44. The standard InChI is InChI=1S/C21H19NO4/c1-4-11-22-19(23)13-26-21(25)17-8-6-5-7-16(17)20(24)18-12-14(2)9-10-15(18)3/h1,5-10,12H,11,13H2,2-3H3,(H,22,23). The van der Waals surface area contributed by atoms with Crippen molar-refractivity contribution in [2.45, 2.75) is 13.8 Å². The van der Waals surface area contributed by atoms with E-state index in [9.17, 15) is 14.4 Å². The fourth-order valence-electron chi connectivity index (χ4n) is 2.39. The molecular formula is C21H19NO4. The van der Waals surface area contributed by atoms with Gasteiger partial charge in [-0.1, -0.05) is 41.8 Å². The molecule has 2 rings (SSSR count). The maximum Gasteiger partial charge on any atom is 0.339 e. The number of nitrogens with one attached hydrogen (secondary N) is 1. The maximum atomic E-state index is 12.9. The van der Waals surface area contributed by atoms with Crippen LogP contribution in [0.3, 0.4) is 0 Å². The molecule has 0 aliphatic carbocycles. The highest BCUT2D eigenvalue weighted by molar-refractivity contribution is 6.15. The normalized spacial score (nSPS) is 9.88. The van der Waals surface area contributed by atoms with Crippen LogP contribution in [0.5, 0.6) is 0 Å². The monoisotopic (exact) mass is 349 g/mol. The highest BCUT2D eigenvalue weighted by atomic mass is 16.5.